The van der Waals surface area contributed by atoms with Crippen molar-refractivity contribution in [2.24, 2.45) is 0 Å². The van der Waals surface area contributed by atoms with Crippen molar-refractivity contribution in [3.05, 3.63) is 11.4 Å². The SMILES string of the molecule is CCCCCCn1nnc(C(Cl)(Cl)Cl)c1C#N. The van der Waals surface area contributed by atoms with Crippen molar-refractivity contribution in [1.82, 2.24) is 15.0 Å². The Bertz CT molecular complexity index is 403. The lowest BCUT2D eigenvalue weighted by molar-refractivity contribution is 0.524. The Morgan fingerprint density at radius 2 is 2.00 bits per heavy atom. The van der Waals surface area contributed by atoms with Crippen LogP contribution >= 0.6 is 34.8 Å². The molecule has 0 aliphatic heterocycles. The summed E-state index contributed by atoms with van der Waals surface area (Å²) in [5, 5.41) is 16.6. The molecule has 0 amide bonds. The van der Waals surface area contributed by atoms with Gasteiger partial charge in [0, 0.05) is 6.54 Å². The van der Waals surface area contributed by atoms with Crippen LogP contribution in [0.25, 0.3) is 0 Å². The first-order valence-electron chi connectivity index (χ1n) is 5.41. The zero-order valence-corrected chi connectivity index (χ0v) is 11.7. The summed E-state index contributed by atoms with van der Waals surface area (Å²) in [7, 11) is 0. The van der Waals surface area contributed by atoms with Gasteiger partial charge in [0.05, 0.1) is 0 Å². The average Bonchev–Trinajstić information content (AvgIpc) is 2.67. The molecule has 0 saturated heterocycles. The van der Waals surface area contributed by atoms with Crippen LogP contribution in [0.4, 0.5) is 0 Å². The van der Waals surface area contributed by atoms with Crippen LogP contribution < -0.4 is 0 Å². The third kappa shape index (κ3) is 4.02. The van der Waals surface area contributed by atoms with E-state index in [0.29, 0.717) is 6.54 Å². The number of halogens is 3. The van der Waals surface area contributed by atoms with Gasteiger partial charge >= 0.3 is 0 Å². The molecule has 0 fully saturated rings. The number of unbranched alkanes of at least 4 members (excludes halogenated alkanes) is 3. The molecule has 0 bridgehead atoms. The summed E-state index contributed by atoms with van der Waals surface area (Å²) in [5.74, 6) is 0. The second-order valence-electron chi connectivity index (χ2n) is 3.68. The van der Waals surface area contributed by atoms with Crippen molar-refractivity contribution in [3.8, 4) is 6.07 Å². The van der Waals surface area contributed by atoms with Crippen LogP contribution in [0.1, 0.15) is 44.0 Å². The summed E-state index contributed by atoms with van der Waals surface area (Å²) in [6, 6.07) is 1.98. The molecule has 1 aromatic heterocycles. The third-order valence-corrected chi connectivity index (χ3v) is 2.87. The predicted octanol–water partition coefficient (Wildman–Crippen LogP) is 3.56. The quantitative estimate of drug-likeness (QED) is 0.616. The van der Waals surface area contributed by atoms with Gasteiger partial charge in [0.15, 0.2) is 11.4 Å². The van der Waals surface area contributed by atoms with Crippen molar-refractivity contribution in [3.63, 3.8) is 0 Å². The van der Waals surface area contributed by atoms with Crippen LogP contribution in [-0.2, 0) is 10.3 Å². The van der Waals surface area contributed by atoms with E-state index in [1.165, 1.54) is 4.68 Å². The number of hydrogen-bond donors (Lipinski definition) is 0. The maximum Gasteiger partial charge on any atom is 0.237 e. The topological polar surface area (TPSA) is 54.5 Å². The fourth-order valence-corrected chi connectivity index (χ4v) is 1.84. The van der Waals surface area contributed by atoms with E-state index in [1.807, 2.05) is 6.07 Å². The predicted molar refractivity (Wildman–Crippen MR) is 68.1 cm³/mol. The summed E-state index contributed by atoms with van der Waals surface area (Å²) in [4.78, 5) is 0. The summed E-state index contributed by atoms with van der Waals surface area (Å²) in [6.07, 6.45) is 4.34. The van der Waals surface area contributed by atoms with E-state index in [9.17, 15) is 0 Å². The highest BCUT2D eigenvalue weighted by Gasteiger charge is 2.31. The minimum absolute atomic E-state index is 0.0977. The minimum atomic E-state index is -1.70. The number of aromatic nitrogens is 3. The molecule has 4 nitrogen and oxygen atoms in total. The Balaban J connectivity index is 2.75. The maximum atomic E-state index is 9.03. The highest BCUT2D eigenvalue weighted by atomic mass is 35.6. The molecule has 17 heavy (non-hydrogen) atoms. The maximum absolute atomic E-state index is 9.03. The molecule has 94 valence electrons. The molecule has 0 aliphatic rings. The number of rotatable bonds is 5. The normalized spacial score (nSPS) is 11.5. The van der Waals surface area contributed by atoms with Crippen LogP contribution in [0.15, 0.2) is 0 Å². The lowest BCUT2D eigenvalue weighted by atomic mass is 10.2. The van der Waals surface area contributed by atoms with E-state index in [-0.39, 0.29) is 11.4 Å². The Hall–Kier alpha value is -0.500. The van der Waals surface area contributed by atoms with E-state index in [2.05, 4.69) is 17.2 Å². The molecular formula is C10H13Cl3N4. The van der Waals surface area contributed by atoms with Gasteiger partial charge in [-0.15, -0.1) is 5.10 Å². The zero-order chi connectivity index (χ0) is 12.9. The summed E-state index contributed by atoms with van der Waals surface area (Å²) in [6.45, 7) is 2.76. The van der Waals surface area contributed by atoms with Gasteiger partial charge < -0.3 is 0 Å². The van der Waals surface area contributed by atoms with Gasteiger partial charge in [-0.2, -0.15) is 5.26 Å². The third-order valence-electron chi connectivity index (χ3n) is 2.33. The van der Waals surface area contributed by atoms with Crippen LogP contribution in [0.3, 0.4) is 0 Å². The van der Waals surface area contributed by atoms with Gasteiger partial charge in [-0.25, -0.2) is 4.68 Å². The first-order chi connectivity index (χ1) is 8.00. The van der Waals surface area contributed by atoms with Crippen LogP contribution in [0.5, 0.6) is 0 Å². The molecule has 0 aliphatic carbocycles. The summed E-state index contributed by atoms with van der Waals surface area (Å²) in [5.41, 5.74) is 0.321. The van der Waals surface area contributed by atoms with Gasteiger partial charge in [0.1, 0.15) is 6.07 Å². The Kier molecular flexibility index (Phi) is 5.51. The molecule has 1 heterocycles. The smallest absolute Gasteiger partial charge is 0.234 e. The number of aryl methyl sites for hydroxylation is 1. The molecule has 0 unspecified atom stereocenters. The molecular weight excluding hydrogens is 282 g/mol. The summed E-state index contributed by atoms with van der Waals surface area (Å²) >= 11 is 17.1. The Morgan fingerprint density at radius 1 is 1.29 bits per heavy atom. The van der Waals surface area contributed by atoms with Gasteiger partial charge in [-0.3, -0.25) is 0 Å². The van der Waals surface area contributed by atoms with Crippen LogP contribution in [0.2, 0.25) is 0 Å². The second-order valence-corrected chi connectivity index (χ2v) is 5.96. The van der Waals surface area contributed by atoms with E-state index in [4.69, 9.17) is 40.1 Å². The van der Waals surface area contributed by atoms with Crippen LogP contribution in [0, 0.1) is 11.3 Å². The molecule has 0 atom stereocenters. The van der Waals surface area contributed by atoms with Gasteiger partial charge in [-0.1, -0.05) is 66.2 Å². The molecule has 0 aromatic carbocycles. The second kappa shape index (κ2) is 6.44. The highest BCUT2D eigenvalue weighted by molar-refractivity contribution is 6.66. The summed E-state index contributed by atoms with van der Waals surface area (Å²) < 4.78 is -0.209. The van der Waals surface area contributed by atoms with Crippen molar-refractivity contribution in [2.45, 2.75) is 42.9 Å². The molecule has 1 aromatic rings. The lowest BCUT2D eigenvalue weighted by Crippen LogP contribution is -2.07. The Morgan fingerprint density at radius 3 is 2.53 bits per heavy atom. The van der Waals surface area contributed by atoms with Crippen LogP contribution in [-0.4, -0.2) is 15.0 Å². The average molecular weight is 296 g/mol. The molecule has 0 spiro atoms. The zero-order valence-electron chi connectivity index (χ0n) is 9.46. The number of nitrogens with zero attached hydrogens (tertiary/aromatic N) is 4. The largest absolute Gasteiger partial charge is 0.237 e. The van der Waals surface area contributed by atoms with E-state index in [0.717, 1.165) is 25.7 Å². The number of nitriles is 1. The number of alkyl halides is 3. The van der Waals surface area contributed by atoms with E-state index in [1.54, 1.807) is 0 Å². The van der Waals surface area contributed by atoms with E-state index < -0.39 is 3.79 Å². The molecule has 7 heteroatoms. The van der Waals surface area contributed by atoms with Gasteiger partial charge in [-0.05, 0) is 6.42 Å². The fourth-order valence-electron chi connectivity index (χ4n) is 1.46. The molecule has 0 N–H and O–H groups in total. The van der Waals surface area contributed by atoms with E-state index >= 15 is 0 Å². The molecule has 1 rings (SSSR count). The minimum Gasteiger partial charge on any atom is -0.234 e. The van der Waals surface area contributed by atoms with Gasteiger partial charge in [0.25, 0.3) is 0 Å². The monoisotopic (exact) mass is 294 g/mol. The first-order valence-corrected chi connectivity index (χ1v) is 6.54. The van der Waals surface area contributed by atoms with Crippen molar-refractivity contribution in [2.75, 3.05) is 0 Å². The highest BCUT2D eigenvalue weighted by Crippen LogP contribution is 2.38. The fraction of sp³-hybridized carbons (Fsp3) is 0.700. The van der Waals surface area contributed by atoms with Crippen molar-refractivity contribution < 1.29 is 0 Å². The molecule has 0 radical (unpaired) electrons. The Labute approximate surface area is 115 Å². The molecule has 0 saturated carbocycles. The first kappa shape index (κ1) is 14.6. The lowest BCUT2D eigenvalue weighted by Gasteiger charge is -2.07. The van der Waals surface area contributed by atoms with Gasteiger partial charge in [0.2, 0.25) is 3.79 Å². The number of hydrogen-bond acceptors (Lipinski definition) is 3. The standard InChI is InChI=1S/C10H13Cl3N4/c1-2-3-4-5-6-17-8(7-14)9(15-16-17)10(11,12)13/h2-6H2,1H3. The van der Waals surface area contributed by atoms with Crippen molar-refractivity contribution >= 4 is 34.8 Å². The van der Waals surface area contributed by atoms with Crippen molar-refractivity contribution in [1.29, 1.82) is 5.26 Å².